The molecule has 13 aromatic rings. The average molecular weight is 1400 g/mol. The van der Waals surface area contributed by atoms with Gasteiger partial charge in [0.1, 0.15) is 0 Å². The molecule has 16 heteroatoms. The first-order valence-electron chi connectivity index (χ1n) is 38.7. The molecule has 0 spiro atoms. The van der Waals surface area contributed by atoms with E-state index in [0.29, 0.717) is 17.9 Å². The molecule has 6 aromatic carbocycles. The van der Waals surface area contributed by atoms with Gasteiger partial charge < -0.3 is 35.6 Å². The van der Waals surface area contributed by atoms with Gasteiger partial charge in [-0.25, -0.2) is 15.0 Å². The first-order chi connectivity index (χ1) is 51.5. The van der Waals surface area contributed by atoms with E-state index in [-0.39, 0.29) is 0 Å². The van der Waals surface area contributed by atoms with Crippen LogP contribution in [0.15, 0.2) is 225 Å². The van der Waals surface area contributed by atoms with Crippen molar-refractivity contribution in [2.75, 3.05) is 109 Å². The van der Waals surface area contributed by atoms with Gasteiger partial charge in [-0.05, 0) is 200 Å². The molecule has 10 heterocycles. The van der Waals surface area contributed by atoms with E-state index in [1.165, 1.54) is 116 Å². The first-order valence-corrected chi connectivity index (χ1v) is 38.7. The predicted molar refractivity (Wildman–Crippen MR) is 437 cm³/mol. The fourth-order valence-electron chi connectivity index (χ4n) is 16.1. The highest BCUT2D eigenvalue weighted by Crippen LogP contribution is 2.36. The minimum absolute atomic E-state index is 0.534. The molecule has 0 amide bonds. The van der Waals surface area contributed by atoms with Gasteiger partial charge in [-0.3, -0.25) is 27.9 Å². The third kappa shape index (κ3) is 15.6. The number of hydrogen-bond acceptors (Lipinski definition) is 12. The van der Waals surface area contributed by atoms with E-state index in [1.807, 2.05) is 43.4 Å². The SMILES string of the molecule is CC(C)N1CCN(c2ccc(Nc3ccc(-c4ccc5cc[nH]c5c4)n4ccnc34)cc2)CC1.CC(C)c1ccc(-c2ccc(Nc3ccc(N4CCN(C5CC5)CC4)cc3)c3nccn23)cc1.CC(C)c1ccc(-c2ccc(Nc3ccc(N4CCN(C5CCCCC5)CC4)cc3)c3nccn23)cc1. The third-order valence-electron chi connectivity index (χ3n) is 22.6. The monoisotopic (exact) mass is 1390 g/mol. The number of pyridine rings is 3. The van der Waals surface area contributed by atoms with E-state index in [0.717, 1.165) is 144 Å². The molecule has 0 bridgehead atoms. The number of fused-ring (bicyclic) bond motifs is 4. The highest BCUT2D eigenvalue weighted by atomic mass is 15.3. The standard InChI is InChI=1S/C32H39N5.C29H33N5.C28H30N6/c1-24(2)25-8-10-26(11-9-25)31-17-16-30(32-33-18-19-37(31)32)34-27-12-14-29(15-13-27)36-22-20-35(21-23-36)28-6-4-3-5-7-28;1-21(2)22-3-5-23(6-4-22)28-14-13-27(29-30-15-16-34(28)29)31-24-7-9-25(10-8-24)32-17-19-33(20-18-32)26-11-12-26;1-20(2)32-15-17-33(18-16-32)24-7-5-23(6-8-24)31-25-9-10-27(34-14-13-30-28(25)34)22-4-3-21-11-12-29-26(21)19-22/h8-19,24,28,34H,3-7,20-23H2,1-2H3;3-10,13-16,21,26,31H,11-12,17-20H2,1-2H3;3-14,19-20,29,31H,15-18H2,1-2H3. The van der Waals surface area contributed by atoms with Crippen LogP contribution in [-0.2, 0) is 0 Å². The lowest BCUT2D eigenvalue weighted by atomic mass is 9.94. The Labute approximate surface area is 619 Å². The quantitative estimate of drug-likeness (QED) is 0.0694. The van der Waals surface area contributed by atoms with Crippen molar-refractivity contribution in [3.05, 3.63) is 236 Å². The lowest BCUT2D eigenvalue weighted by molar-refractivity contribution is 0.148. The second kappa shape index (κ2) is 31.1. The van der Waals surface area contributed by atoms with Crippen LogP contribution in [0.2, 0.25) is 0 Å². The zero-order chi connectivity index (χ0) is 71.3. The van der Waals surface area contributed by atoms with Crippen LogP contribution >= 0.6 is 0 Å². The van der Waals surface area contributed by atoms with Crippen molar-refractivity contribution >= 4 is 79.0 Å². The van der Waals surface area contributed by atoms with Gasteiger partial charge in [-0.2, -0.15) is 0 Å². The first kappa shape index (κ1) is 69.0. The van der Waals surface area contributed by atoms with Crippen LogP contribution in [0.1, 0.15) is 109 Å². The van der Waals surface area contributed by atoms with E-state index in [9.17, 15) is 0 Å². The summed E-state index contributed by atoms with van der Waals surface area (Å²) >= 11 is 0. The number of piperazine rings is 3. The Balaban J connectivity index is 0.000000121. The number of aromatic amines is 1. The Morgan fingerprint density at radius 1 is 0.362 bits per heavy atom. The molecule has 0 radical (unpaired) electrons. The molecule has 5 fully saturated rings. The molecule has 18 rings (SSSR count). The summed E-state index contributed by atoms with van der Waals surface area (Å²) in [5.41, 5.74) is 23.8. The van der Waals surface area contributed by atoms with Gasteiger partial charge in [0.2, 0.25) is 0 Å². The van der Waals surface area contributed by atoms with Crippen molar-refractivity contribution in [1.29, 1.82) is 0 Å². The Hall–Kier alpha value is -10.4. The van der Waals surface area contributed by atoms with Crippen LogP contribution < -0.4 is 30.7 Å². The zero-order valence-electron chi connectivity index (χ0n) is 62.1. The molecule has 16 nitrogen and oxygen atoms in total. The summed E-state index contributed by atoms with van der Waals surface area (Å²) in [6.07, 6.45) is 23.5. The number of H-pyrrole nitrogens is 1. The molecule has 3 saturated heterocycles. The lowest BCUT2D eigenvalue weighted by Crippen LogP contribution is -2.50. The number of nitrogens with one attached hydrogen (secondary N) is 4. The van der Waals surface area contributed by atoms with E-state index in [1.54, 1.807) is 0 Å². The van der Waals surface area contributed by atoms with Crippen molar-refractivity contribution in [2.45, 2.75) is 116 Å². The van der Waals surface area contributed by atoms with Crippen LogP contribution in [0.3, 0.4) is 0 Å². The van der Waals surface area contributed by atoms with Crippen molar-refractivity contribution in [1.82, 2.24) is 47.8 Å². The topological polar surface area (TPSA) is 123 Å². The Morgan fingerprint density at radius 2 is 0.733 bits per heavy atom. The summed E-state index contributed by atoms with van der Waals surface area (Å²) in [6.45, 7) is 27.1. The predicted octanol–water partition coefficient (Wildman–Crippen LogP) is 19.2. The summed E-state index contributed by atoms with van der Waals surface area (Å²) in [6, 6.07) is 68.1. The fraction of sp³-hybridized carbons (Fsp3) is 0.337. The highest BCUT2D eigenvalue weighted by Gasteiger charge is 2.32. The van der Waals surface area contributed by atoms with E-state index < -0.39 is 0 Å². The fourth-order valence-corrected chi connectivity index (χ4v) is 16.1. The second-order valence-corrected chi connectivity index (χ2v) is 30.3. The molecule has 105 heavy (non-hydrogen) atoms. The summed E-state index contributed by atoms with van der Waals surface area (Å²) < 4.78 is 6.49. The maximum atomic E-state index is 4.67. The molecule has 2 aliphatic carbocycles. The van der Waals surface area contributed by atoms with Gasteiger partial charge in [0.05, 0.1) is 34.1 Å². The van der Waals surface area contributed by atoms with E-state index >= 15 is 0 Å². The minimum Gasteiger partial charge on any atom is -0.369 e. The number of nitrogens with zero attached hydrogens (tertiary/aromatic N) is 12. The van der Waals surface area contributed by atoms with Crippen molar-refractivity contribution < 1.29 is 0 Å². The summed E-state index contributed by atoms with van der Waals surface area (Å²) in [4.78, 5) is 32.7. The summed E-state index contributed by atoms with van der Waals surface area (Å²) in [7, 11) is 0. The van der Waals surface area contributed by atoms with Crippen LogP contribution in [0.5, 0.6) is 0 Å². The number of anilines is 9. The molecule has 5 aliphatic rings. The third-order valence-corrected chi connectivity index (χ3v) is 22.6. The number of benzene rings is 6. The van der Waals surface area contributed by atoms with Gasteiger partial charge in [-0.1, -0.05) is 108 Å². The van der Waals surface area contributed by atoms with Crippen LogP contribution in [0.4, 0.5) is 51.2 Å². The van der Waals surface area contributed by atoms with Crippen LogP contribution in [0.25, 0.3) is 61.6 Å². The molecular formula is C89H102N16. The molecule has 0 unspecified atom stereocenters. The van der Waals surface area contributed by atoms with Crippen LogP contribution in [-0.4, -0.2) is 145 Å². The van der Waals surface area contributed by atoms with Crippen molar-refractivity contribution in [2.24, 2.45) is 0 Å². The second-order valence-electron chi connectivity index (χ2n) is 30.3. The number of rotatable bonds is 17. The Kier molecular flexibility index (Phi) is 20.5. The maximum Gasteiger partial charge on any atom is 0.161 e. The van der Waals surface area contributed by atoms with Gasteiger partial charge in [-0.15, -0.1) is 0 Å². The smallest absolute Gasteiger partial charge is 0.161 e. The van der Waals surface area contributed by atoms with Crippen molar-refractivity contribution in [3.8, 4) is 33.8 Å². The molecule has 7 aromatic heterocycles. The Morgan fingerprint density at radius 3 is 1.11 bits per heavy atom. The number of imidazole rings is 3. The van der Waals surface area contributed by atoms with Gasteiger partial charge in [0.25, 0.3) is 0 Å². The molecule has 538 valence electrons. The summed E-state index contributed by atoms with van der Waals surface area (Å²) in [5.74, 6) is 1.07. The molecule has 0 atom stereocenters. The zero-order valence-corrected chi connectivity index (χ0v) is 62.1. The number of aromatic nitrogens is 7. The molecule has 4 N–H and O–H groups in total. The minimum atomic E-state index is 0.534. The van der Waals surface area contributed by atoms with Gasteiger partial charge in [0, 0.05) is 185 Å². The highest BCUT2D eigenvalue weighted by molar-refractivity contribution is 5.86. The lowest BCUT2D eigenvalue weighted by Gasteiger charge is -2.41. The van der Waals surface area contributed by atoms with E-state index in [4.69, 9.17) is 0 Å². The molecule has 2 saturated carbocycles. The summed E-state index contributed by atoms with van der Waals surface area (Å²) in [5, 5.41) is 12.0. The molecular weight excluding hydrogens is 1290 g/mol. The van der Waals surface area contributed by atoms with Gasteiger partial charge >= 0.3 is 0 Å². The normalized spacial score (nSPS) is 16.5. The van der Waals surface area contributed by atoms with Gasteiger partial charge in [0.15, 0.2) is 16.9 Å². The van der Waals surface area contributed by atoms with E-state index in [2.05, 4.69) is 302 Å². The largest absolute Gasteiger partial charge is 0.369 e. The number of hydrogen-bond donors (Lipinski definition) is 4. The maximum absolute atomic E-state index is 4.67. The Bertz CT molecular complexity index is 4990. The van der Waals surface area contributed by atoms with Crippen molar-refractivity contribution in [3.63, 3.8) is 0 Å². The van der Waals surface area contributed by atoms with Crippen LogP contribution in [0, 0.1) is 0 Å². The molecule has 3 aliphatic heterocycles. The average Bonchev–Trinajstić information content (AvgIpc) is 1.69.